The molecule has 6 heteroatoms. The topological polar surface area (TPSA) is 72.2 Å². The maximum atomic E-state index is 12.9. The van der Waals surface area contributed by atoms with Gasteiger partial charge < -0.3 is 5.73 Å². The van der Waals surface area contributed by atoms with Crippen LogP contribution in [0.15, 0.2) is 108 Å². The summed E-state index contributed by atoms with van der Waals surface area (Å²) in [6.07, 6.45) is 0. The number of benzene rings is 4. The van der Waals surface area contributed by atoms with Crippen molar-refractivity contribution in [1.82, 2.24) is 4.72 Å². The third-order valence-corrected chi connectivity index (χ3v) is 7.44. The smallest absolute Gasteiger partial charge is 0.241 e. The van der Waals surface area contributed by atoms with Crippen molar-refractivity contribution in [1.29, 1.82) is 0 Å². The van der Waals surface area contributed by atoms with Crippen LogP contribution in [0.1, 0.15) is 45.5 Å². The predicted molar refractivity (Wildman–Crippen MR) is 145 cm³/mol. The molecule has 0 saturated carbocycles. The fraction of sp³-hybridized carbons (Fsp3) is 0.200. The fourth-order valence-electron chi connectivity index (χ4n) is 3.72. The standard InChI is InChI=1S/C21H22N2O2S.C9H12.Ru/c1-16-12-14-19(15-13-16)26(24,25)23-21(18-10-6-3-7-11-18)20(22)17-8-4-2-5-9-17;1-7-4-5-8(2)9(3)6-7;/h2-15,20-21,23H,22H2,1H3;4-6H,1-3H3;/t20-,21-;;/m1../s1. The summed E-state index contributed by atoms with van der Waals surface area (Å²) in [5.74, 6) is 0. The summed E-state index contributed by atoms with van der Waals surface area (Å²) in [7, 11) is -3.71. The molecule has 2 atom stereocenters. The predicted octanol–water partition coefficient (Wildman–Crippen LogP) is 6.32. The monoisotopic (exact) mass is 588 g/mol. The van der Waals surface area contributed by atoms with Crippen LogP contribution in [0.5, 0.6) is 0 Å². The zero-order valence-electron chi connectivity index (χ0n) is 21.1. The molecule has 190 valence electrons. The molecule has 0 unspecified atom stereocenters. The Labute approximate surface area is 228 Å². The van der Waals surface area contributed by atoms with Gasteiger partial charge in [-0.05, 0) is 62.1 Å². The Morgan fingerprint density at radius 2 is 1.14 bits per heavy atom. The van der Waals surface area contributed by atoms with Gasteiger partial charge in [-0.2, -0.15) is 0 Å². The second-order valence-electron chi connectivity index (χ2n) is 8.85. The molecule has 0 aliphatic heterocycles. The molecule has 0 heterocycles. The molecule has 0 fully saturated rings. The van der Waals surface area contributed by atoms with Crippen molar-refractivity contribution in [2.45, 2.75) is 44.7 Å². The molecule has 0 spiro atoms. The van der Waals surface area contributed by atoms with E-state index in [0.29, 0.717) is 0 Å². The summed E-state index contributed by atoms with van der Waals surface area (Å²) in [5, 5.41) is 0. The normalized spacial score (nSPS) is 12.5. The Kier molecular flexibility index (Phi) is 11.2. The van der Waals surface area contributed by atoms with Crippen LogP contribution in [0.4, 0.5) is 0 Å². The Morgan fingerprint density at radius 1 is 0.639 bits per heavy atom. The van der Waals surface area contributed by atoms with E-state index in [1.807, 2.05) is 67.6 Å². The van der Waals surface area contributed by atoms with Gasteiger partial charge in [0, 0.05) is 19.5 Å². The van der Waals surface area contributed by atoms with E-state index in [9.17, 15) is 8.42 Å². The second kappa shape index (κ2) is 13.6. The molecule has 0 aliphatic carbocycles. The summed E-state index contributed by atoms with van der Waals surface area (Å²) in [4.78, 5) is 0.226. The molecule has 4 aromatic carbocycles. The van der Waals surface area contributed by atoms with Crippen LogP contribution in [-0.4, -0.2) is 8.42 Å². The first-order chi connectivity index (χ1) is 16.7. The SMILES string of the molecule is Cc1ccc(C)c(C)c1.Cc1ccc(S(=O)(=O)N[C@H](c2ccccc2)[C@H](N)c2ccccc2)cc1.[Ru]. The molecule has 4 nitrogen and oxygen atoms in total. The van der Waals surface area contributed by atoms with Crippen LogP contribution in [0, 0.1) is 27.7 Å². The van der Waals surface area contributed by atoms with Crippen molar-refractivity contribution in [3.05, 3.63) is 137 Å². The number of aryl methyl sites for hydroxylation is 4. The van der Waals surface area contributed by atoms with Gasteiger partial charge in [0.25, 0.3) is 0 Å². The average Bonchev–Trinajstić information content (AvgIpc) is 2.86. The minimum Gasteiger partial charge on any atom is -0.322 e. The van der Waals surface area contributed by atoms with Gasteiger partial charge in [0.15, 0.2) is 0 Å². The van der Waals surface area contributed by atoms with Gasteiger partial charge in [-0.25, -0.2) is 13.1 Å². The Bertz CT molecular complexity index is 1330. The minimum absolute atomic E-state index is 0. The molecule has 0 saturated heterocycles. The molecular weight excluding hydrogens is 553 g/mol. The molecule has 0 radical (unpaired) electrons. The molecule has 4 rings (SSSR count). The van der Waals surface area contributed by atoms with E-state index in [2.05, 4.69) is 43.7 Å². The van der Waals surface area contributed by atoms with Gasteiger partial charge in [0.2, 0.25) is 10.0 Å². The van der Waals surface area contributed by atoms with E-state index in [0.717, 1.165) is 16.7 Å². The van der Waals surface area contributed by atoms with Crippen molar-refractivity contribution in [3.63, 3.8) is 0 Å². The Hall–Kier alpha value is -2.63. The summed E-state index contributed by atoms with van der Waals surface area (Å²) in [5.41, 5.74) is 13.3. The molecular formula is C30H34N2O2RuS. The van der Waals surface area contributed by atoms with E-state index in [1.165, 1.54) is 16.7 Å². The van der Waals surface area contributed by atoms with Crippen LogP contribution < -0.4 is 10.5 Å². The number of sulfonamides is 1. The zero-order chi connectivity index (χ0) is 25.4. The summed E-state index contributed by atoms with van der Waals surface area (Å²) in [6.45, 7) is 8.31. The van der Waals surface area contributed by atoms with E-state index in [-0.39, 0.29) is 24.4 Å². The van der Waals surface area contributed by atoms with Crippen molar-refractivity contribution in [3.8, 4) is 0 Å². The van der Waals surface area contributed by atoms with Crippen LogP contribution in [-0.2, 0) is 29.5 Å². The summed E-state index contributed by atoms with van der Waals surface area (Å²) >= 11 is 0. The van der Waals surface area contributed by atoms with Gasteiger partial charge in [-0.3, -0.25) is 0 Å². The quantitative estimate of drug-likeness (QED) is 0.259. The van der Waals surface area contributed by atoms with Gasteiger partial charge in [0.1, 0.15) is 0 Å². The number of hydrogen-bond acceptors (Lipinski definition) is 3. The molecule has 0 bridgehead atoms. The number of nitrogens with one attached hydrogen (secondary N) is 1. The van der Waals surface area contributed by atoms with Crippen LogP contribution in [0.3, 0.4) is 0 Å². The zero-order valence-corrected chi connectivity index (χ0v) is 23.7. The maximum Gasteiger partial charge on any atom is 0.241 e. The third kappa shape index (κ3) is 8.21. The van der Waals surface area contributed by atoms with E-state index in [4.69, 9.17) is 5.73 Å². The first kappa shape index (κ1) is 29.6. The van der Waals surface area contributed by atoms with Gasteiger partial charge in [-0.1, -0.05) is 102 Å². The minimum atomic E-state index is -3.71. The molecule has 0 aliphatic rings. The Balaban J connectivity index is 0.000000386. The van der Waals surface area contributed by atoms with Crippen molar-refractivity contribution in [2.24, 2.45) is 5.73 Å². The largest absolute Gasteiger partial charge is 0.322 e. The van der Waals surface area contributed by atoms with Gasteiger partial charge >= 0.3 is 0 Å². The van der Waals surface area contributed by atoms with Crippen molar-refractivity contribution in [2.75, 3.05) is 0 Å². The van der Waals surface area contributed by atoms with Crippen LogP contribution in [0.25, 0.3) is 0 Å². The molecule has 3 N–H and O–H groups in total. The third-order valence-electron chi connectivity index (χ3n) is 5.98. The molecule has 4 aromatic rings. The maximum absolute atomic E-state index is 12.9. The average molecular weight is 588 g/mol. The van der Waals surface area contributed by atoms with Crippen LogP contribution in [0.2, 0.25) is 0 Å². The van der Waals surface area contributed by atoms with Gasteiger partial charge in [-0.15, -0.1) is 0 Å². The van der Waals surface area contributed by atoms with Gasteiger partial charge in [0.05, 0.1) is 17.0 Å². The Morgan fingerprint density at radius 3 is 1.64 bits per heavy atom. The van der Waals surface area contributed by atoms with E-state index in [1.54, 1.807) is 24.3 Å². The number of hydrogen-bond donors (Lipinski definition) is 2. The van der Waals surface area contributed by atoms with E-state index < -0.39 is 22.1 Å². The first-order valence-corrected chi connectivity index (χ1v) is 13.1. The number of nitrogens with two attached hydrogens (primary N) is 1. The molecule has 0 amide bonds. The van der Waals surface area contributed by atoms with Crippen molar-refractivity contribution >= 4 is 10.0 Å². The summed E-state index contributed by atoms with van der Waals surface area (Å²) in [6, 6.07) is 31.1. The van der Waals surface area contributed by atoms with Crippen LogP contribution >= 0.6 is 0 Å². The number of rotatable bonds is 6. The second-order valence-corrected chi connectivity index (χ2v) is 10.6. The van der Waals surface area contributed by atoms with E-state index >= 15 is 0 Å². The molecule has 0 aromatic heterocycles. The first-order valence-electron chi connectivity index (χ1n) is 11.7. The molecule has 36 heavy (non-hydrogen) atoms. The fourth-order valence-corrected chi connectivity index (χ4v) is 4.97. The van der Waals surface area contributed by atoms with Crippen molar-refractivity contribution < 1.29 is 27.9 Å². The summed E-state index contributed by atoms with van der Waals surface area (Å²) < 4.78 is 28.6.